The molecular weight excluding hydrogens is 360 g/mol. The van der Waals surface area contributed by atoms with Crippen LogP contribution in [0.2, 0.25) is 5.02 Å². The third kappa shape index (κ3) is 4.60. The molecule has 0 amide bonds. The number of nitrogens with zero attached hydrogens (tertiary/aromatic N) is 1. The summed E-state index contributed by atoms with van der Waals surface area (Å²) in [7, 11) is 0. The van der Waals surface area contributed by atoms with Crippen LogP contribution < -0.4 is 10.6 Å². The minimum atomic E-state index is 0.159. The van der Waals surface area contributed by atoms with Gasteiger partial charge in [-0.1, -0.05) is 63.2 Å². The van der Waals surface area contributed by atoms with Crippen molar-refractivity contribution >= 4 is 36.0 Å². The molecule has 0 saturated heterocycles. The van der Waals surface area contributed by atoms with Crippen LogP contribution in [0.15, 0.2) is 53.4 Å². The zero-order chi connectivity index (χ0) is 18.7. The van der Waals surface area contributed by atoms with Crippen LogP contribution in [-0.4, -0.2) is 10.2 Å². The van der Waals surface area contributed by atoms with Crippen molar-refractivity contribution in [1.29, 1.82) is 0 Å². The number of nitrogens with one attached hydrogen (secondary N) is 1. The predicted molar refractivity (Wildman–Crippen MR) is 113 cm³/mol. The van der Waals surface area contributed by atoms with E-state index in [1.54, 1.807) is 11.8 Å². The number of aromatic amines is 1. The minimum absolute atomic E-state index is 0.159. The second-order valence-electron chi connectivity index (χ2n) is 7.32. The summed E-state index contributed by atoms with van der Waals surface area (Å²) in [5.41, 5.74) is 3.65. The van der Waals surface area contributed by atoms with Crippen LogP contribution in [0.3, 0.4) is 0 Å². The highest BCUT2D eigenvalue weighted by molar-refractivity contribution is 7.98. The summed E-state index contributed by atoms with van der Waals surface area (Å²) in [4.78, 5) is 1.17. The maximum Gasteiger partial charge on any atom is 0.0803 e. The maximum atomic E-state index is 5.95. The van der Waals surface area contributed by atoms with Crippen molar-refractivity contribution in [3.63, 3.8) is 0 Å². The number of thioether (sulfide) groups is 1. The highest BCUT2D eigenvalue weighted by Gasteiger charge is 2.12. The molecule has 3 rings (SSSR count). The molecule has 0 atom stereocenters. The van der Waals surface area contributed by atoms with Gasteiger partial charge in [0.05, 0.1) is 11.0 Å². The highest BCUT2D eigenvalue weighted by atomic mass is 35.5. The Bertz CT molecular complexity index is 981. The third-order valence-corrected chi connectivity index (χ3v) is 5.51. The van der Waals surface area contributed by atoms with E-state index in [0.29, 0.717) is 0 Å². The van der Waals surface area contributed by atoms with Crippen molar-refractivity contribution in [2.75, 3.05) is 0 Å². The van der Waals surface area contributed by atoms with Gasteiger partial charge in [-0.3, -0.25) is 5.10 Å². The number of hydrogen-bond donors (Lipinski definition) is 1. The Morgan fingerprint density at radius 3 is 2.35 bits per heavy atom. The number of rotatable bonds is 4. The third-order valence-electron chi connectivity index (χ3n) is 4.24. The van der Waals surface area contributed by atoms with E-state index >= 15 is 0 Å². The Labute approximate surface area is 164 Å². The van der Waals surface area contributed by atoms with Gasteiger partial charge < -0.3 is 0 Å². The number of benzene rings is 2. The van der Waals surface area contributed by atoms with Gasteiger partial charge in [0.25, 0.3) is 0 Å². The Morgan fingerprint density at radius 1 is 1.08 bits per heavy atom. The number of aromatic nitrogens is 2. The smallest absolute Gasteiger partial charge is 0.0803 e. The van der Waals surface area contributed by atoms with Gasteiger partial charge >= 0.3 is 0 Å². The molecule has 0 radical (unpaired) electrons. The molecule has 3 aromatic rings. The fourth-order valence-electron chi connectivity index (χ4n) is 2.64. The molecule has 1 heterocycles. The fraction of sp³-hybridized carbons (Fsp3) is 0.227. The van der Waals surface area contributed by atoms with Crippen molar-refractivity contribution in [2.45, 2.75) is 36.8 Å². The van der Waals surface area contributed by atoms with Gasteiger partial charge in [0.2, 0.25) is 0 Å². The van der Waals surface area contributed by atoms with Crippen molar-refractivity contribution in [2.24, 2.45) is 0 Å². The molecule has 134 valence electrons. The summed E-state index contributed by atoms with van der Waals surface area (Å²) >= 11 is 7.68. The SMILES string of the molecule is C=c1[nH]nc(CSc2ccc(Cl)cc2)/c1=C\c1ccc(C(C)(C)C)cc1. The van der Waals surface area contributed by atoms with Crippen molar-refractivity contribution in [3.8, 4) is 0 Å². The molecule has 26 heavy (non-hydrogen) atoms. The highest BCUT2D eigenvalue weighted by Crippen LogP contribution is 2.23. The van der Waals surface area contributed by atoms with Gasteiger partial charge in [-0.05, 0) is 46.9 Å². The van der Waals surface area contributed by atoms with E-state index in [9.17, 15) is 0 Å². The second-order valence-corrected chi connectivity index (χ2v) is 8.81. The van der Waals surface area contributed by atoms with E-state index in [1.165, 1.54) is 10.5 Å². The molecule has 1 N–H and O–H groups in total. The van der Waals surface area contributed by atoms with Crippen molar-refractivity contribution < 1.29 is 0 Å². The lowest BCUT2D eigenvalue weighted by Gasteiger charge is -2.18. The molecule has 0 unspecified atom stereocenters. The Kier molecular flexibility index (Phi) is 5.59. The molecule has 0 saturated carbocycles. The summed E-state index contributed by atoms with van der Waals surface area (Å²) in [6, 6.07) is 16.6. The monoisotopic (exact) mass is 382 g/mol. The Balaban J connectivity index is 1.84. The van der Waals surface area contributed by atoms with Gasteiger partial charge in [-0.15, -0.1) is 11.8 Å². The van der Waals surface area contributed by atoms with Gasteiger partial charge in [-0.25, -0.2) is 0 Å². The maximum absolute atomic E-state index is 5.95. The number of H-pyrrole nitrogens is 1. The number of halogens is 1. The van der Waals surface area contributed by atoms with Crippen LogP contribution in [0.1, 0.15) is 37.6 Å². The summed E-state index contributed by atoms with van der Waals surface area (Å²) in [6.45, 7) is 10.8. The molecular formula is C22H23ClN2S. The van der Waals surface area contributed by atoms with Crippen LogP contribution in [0, 0.1) is 0 Å². The predicted octanol–water partition coefficient (Wildman–Crippen LogP) is 4.89. The molecule has 0 bridgehead atoms. The molecule has 1 aromatic heterocycles. The van der Waals surface area contributed by atoms with Crippen molar-refractivity contribution in [1.82, 2.24) is 10.2 Å². The van der Waals surface area contributed by atoms with Crippen molar-refractivity contribution in [3.05, 3.63) is 80.9 Å². The summed E-state index contributed by atoms with van der Waals surface area (Å²) in [5.74, 6) is 0.777. The quantitative estimate of drug-likeness (QED) is 0.650. The Hall–Kier alpha value is -1.97. The zero-order valence-corrected chi connectivity index (χ0v) is 16.9. The zero-order valence-electron chi connectivity index (χ0n) is 15.3. The average Bonchev–Trinajstić information content (AvgIpc) is 2.94. The average molecular weight is 383 g/mol. The number of hydrogen-bond acceptors (Lipinski definition) is 2. The minimum Gasteiger partial charge on any atom is -0.278 e. The lowest BCUT2D eigenvalue weighted by molar-refractivity contribution is 0.590. The topological polar surface area (TPSA) is 28.7 Å². The first kappa shape index (κ1) is 18.8. The molecule has 0 aliphatic carbocycles. The Morgan fingerprint density at radius 2 is 1.73 bits per heavy atom. The largest absolute Gasteiger partial charge is 0.278 e. The molecule has 4 heteroatoms. The van der Waals surface area contributed by atoms with Crippen LogP contribution in [0.4, 0.5) is 0 Å². The van der Waals surface area contributed by atoms with E-state index < -0.39 is 0 Å². The first-order valence-corrected chi connectivity index (χ1v) is 9.92. The van der Waals surface area contributed by atoms with E-state index in [1.807, 2.05) is 24.3 Å². The van der Waals surface area contributed by atoms with Crippen LogP contribution >= 0.6 is 23.4 Å². The van der Waals surface area contributed by atoms with Gasteiger partial charge in [0.15, 0.2) is 0 Å². The first-order valence-electron chi connectivity index (χ1n) is 8.56. The standard InChI is InChI=1S/C22H23ClN2S/c1-15-20(13-16-5-7-17(8-6-16)22(2,3)4)21(25-24-15)14-26-19-11-9-18(23)10-12-19/h5-13,24H,1,14H2,2-4H3/b20-13-. The van der Waals surface area contributed by atoms with Crippen LogP contribution in [0.25, 0.3) is 12.7 Å². The molecule has 0 aliphatic rings. The van der Waals surface area contributed by atoms with Gasteiger partial charge in [0, 0.05) is 20.9 Å². The second kappa shape index (κ2) is 7.73. The molecule has 2 nitrogen and oxygen atoms in total. The first-order chi connectivity index (χ1) is 12.3. The summed E-state index contributed by atoms with van der Waals surface area (Å²) in [6.07, 6.45) is 2.15. The molecule has 0 aliphatic heterocycles. The van der Waals surface area contributed by atoms with Crippen LogP contribution in [-0.2, 0) is 11.2 Å². The van der Waals surface area contributed by atoms with Gasteiger partial charge in [0.1, 0.15) is 0 Å². The lowest BCUT2D eigenvalue weighted by atomic mass is 9.87. The van der Waals surface area contributed by atoms with E-state index in [2.05, 4.69) is 67.9 Å². The van der Waals surface area contributed by atoms with E-state index in [4.69, 9.17) is 11.6 Å². The van der Waals surface area contributed by atoms with E-state index in [0.717, 1.165) is 32.6 Å². The molecule has 0 spiro atoms. The normalized spacial score (nSPS) is 12.5. The van der Waals surface area contributed by atoms with E-state index in [-0.39, 0.29) is 5.41 Å². The van der Waals surface area contributed by atoms with Gasteiger partial charge in [-0.2, -0.15) is 5.10 Å². The summed E-state index contributed by atoms with van der Waals surface area (Å²) < 4.78 is 0. The summed E-state index contributed by atoms with van der Waals surface area (Å²) in [5, 5.41) is 10.1. The molecule has 0 fully saturated rings. The van der Waals surface area contributed by atoms with Crippen LogP contribution in [0.5, 0.6) is 0 Å². The molecule has 2 aromatic carbocycles. The fourth-order valence-corrected chi connectivity index (χ4v) is 3.62. The lowest BCUT2D eigenvalue weighted by Crippen LogP contribution is -2.23.